The molecule has 6 heteroatoms. The number of nitrogens with zero attached hydrogens (tertiary/aromatic N) is 2. The van der Waals surface area contributed by atoms with Gasteiger partial charge >= 0.3 is 0 Å². The molecule has 2 aromatic carbocycles. The number of methoxy groups -OCH3 is 1. The molecular weight excluding hydrogens is 418 g/mol. The summed E-state index contributed by atoms with van der Waals surface area (Å²) in [6.07, 6.45) is 1.38. The van der Waals surface area contributed by atoms with E-state index >= 15 is 0 Å². The molecule has 142 valence electrons. The Morgan fingerprint density at radius 1 is 1.18 bits per heavy atom. The summed E-state index contributed by atoms with van der Waals surface area (Å²) in [5, 5.41) is 3.49. The Balaban J connectivity index is 1.67. The fourth-order valence-electron chi connectivity index (χ4n) is 3.36. The average Bonchev–Trinajstić information content (AvgIpc) is 2.96. The van der Waals surface area contributed by atoms with Crippen LogP contribution in [0.2, 0.25) is 0 Å². The largest absolute Gasteiger partial charge is 0.497 e. The van der Waals surface area contributed by atoms with E-state index in [0.29, 0.717) is 12.1 Å². The van der Waals surface area contributed by atoms with E-state index in [0.717, 1.165) is 32.7 Å². The van der Waals surface area contributed by atoms with Gasteiger partial charge in [0.25, 0.3) is 5.91 Å². The molecule has 2 heterocycles. The Labute approximate surface area is 172 Å². The van der Waals surface area contributed by atoms with Gasteiger partial charge in [-0.05, 0) is 70.4 Å². The molecular formula is C22H20BrN3O2. The van der Waals surface area contributed by atoms with E-state index in [4.69, 9.17) is 4.74 Å². The van der Waals surface area contributed by atoms with Gasteiger partial charge in [0.15, 0.2) is 0 Å². The van der Waals surface area contributed by atoms with Crippen LogP contribution in [-0.2, 0) is 6.54 Å². The monoisotopic (exact) mass is 437 g/mol. The maximum absolute atomic E-state index is 13.1. The molecule has 0 aliphatic carbocycles. The van der Waals surface area contributed by atoms with Crippen molar-refractivity contribution in [3.63, 3.8) is 0 Å². The molecule has 0 saturated carbocycles. The van der Waals surface area contributed by atoms with Crippen molar-refractivity contribution >= 4 is 27.5 Å². The molecule has 0 saturated heterocycles. The number of fused-ring (bicyclic) bond motifs is 1. The average molecular weight is 438 g/mol. The van der Waals surface area contributed by atoms with Crippen molar-refractivity contribution in [1.29, 1.82) is 0 Å². The number of nitrogens with one attached hydrogen (secondary N) is 1. The van der Waals surface area contributed by atoms with Gasteiger partial charge in [-0.1, -0.05) is 18.2 Å². The molecule has 4 rings (SSSR count). The predicted molar refractivity (Wildman–Crippen MR) is 112 cm³/mol. The zero-order valence-corrected chi connectivity index (χ0v) is 17.2. The van der Waals surface area contributed by atoms with E-state index < -0.39 is 0 Å². The number of anilines is 1. The summed E-state index contributed by atoms with van der Waals surface area (Å²) in [6, 6.07) is 17.5. The van der Waals surface area contributed by atoms with Gasteiger partial charge < -0.3 is 15.0 Å². The highest BCUT2D eigenvalue weighted by molar-refractivity contribution is 9.10. The van der Waals surface area contributed by atoms with E-state index in [2.05, 4.69) is 26.2 Å². The van der Waals surface area contributed by atoms with Gasteiger partial charge in [0, 0.05) is 17.2 Å². The second-order valence-electron chi connectivity index (χ2n) is 6.75. The first kappa shape index (κ1) is 18.5. The summed E-state index contributed by atoms with van der Waals surface area (Å²) in [4.78, 5) is 19.4. The van der Waals surface area contributed by atoms with Crippen molar-refractivity contribution in [1.82, 2.24) is 9.88 Å². The minimum atomic E-state index is -0.343. The fourth-order valence-corrected chi connectivity index (χ4v) is 3.97. The zero-order chi connectivity index (χ0) is 19.7. The molecule has 1 atom stereocenters. The highest BCUT2D eigenvalue weighted by Gasteiger charge is 2.38. The number of aromatic nitrogens is 1. The van der Waals surface area contributed by atoms with E-state index in [1.54, 1.807) is 19.4 Å². The number of pyridine rings is 1. The molecule has 0 radical (unpaired) electrons. The molecule has 1 amide bonds. The molecule has 0 bridgehead atoms. The zero-order valence-electron chi connectivity index (χ0n) is 15.6. The maximum Gasteiger partial charge on any atom is 0.258 e. The van der Waals surface area contributed by atoms with Gasteiger partial charge in [0.05, 0.1) is 24.1 Å². The van der Waals surface area contributed by atoms with Crippen LogP contribution in [0.25, 0.3) is 0 Å². The Morgan fingerprint density at radius 2 is 1.96 bits per heavy atom. The Hall–Kier alpha value is -2.86. The second-order valence-corrected chi connectivity index (χ2v) is 7.60. The normalized spacial score (nSPS) is 15.5. The number of ether oxygens (including phenoxy) is 1. The van der Waals surface area contributed by atoms with Crippen LogP contribution in [-0.4, -0.2) is 22.9 Å². The fraction of sp³-hybridized carbons (Fsp3) is 0.182. The minimum absolute atomic E-state index is 0.0281. The first-order valence-corrected chi connectivity index (χ1v) is 9.77. The van der Waals surface area contributed by atoms with Crippen LogP contribution in [0, 0.1) is 6.92 Å². The predicted octanol–water partition coefficient (Wildman–Crippen LogP) is 4.93. The van der Waals surface area contributed by atoms with E-state index in [-0.39, 0.29) is 12.1 Å². The highest BCUT2D eigenvalue weighted by Crippen LogP contribution is 2.36. The molecule has 5 nitrogen and oxygen atoms in total. The number of amides is 1. The Morgan fingerprint density at radius 3 is 2.68 bits per heavy atom. The molecule has 0 fully saturated rings. The van der Waals surface area contributed by atoms with Gasteiger partial charge in [-0.15, -0.1) is 0 Å². The molecule has 1 N–H and O–H groups in total. The minimum Gasteiger partial charge on any atom is -0.497 e. The van der Waals surface area contributed by atoms with Crippen LogP contribution in [0.15, 0.2) is 65.3 Å². The van der Waals surface area contributed by atoms with E-state index in [9.17, 15) is 4.79 Å². The molecule has 1 aliphatic heterocycles. The van der Waals surface area contributed by atoms with Crippen molar-refractivity contribution in [2.24, 2.45) is 0 Å². The van der Waals surface area contributed by atoms with Crippen LogP contribution in [0.3, 0.4) is 0 Å². The van der Waals surface area contributed by atoms with Crippen LogP contribution in [0.1, 0.15) is 33.3 Å². The molecule has 1 aromatic heterocycles. The van der Waals surface area contributed by atoms with Crippen molar-refractivity contribution < 1.29 is 9.53 Å². The summed E-state index contributed by atoms with van der Waals surface area (Å²) in [6.45, 7) is 2.51. The second kappa shape index (κ2) is 7.64. The first-order valence-electron chi connectivity index (χ1n) is 8.98. The number of hydrogen-bond donors (Lipinski definition) is 1. The smallest absolute Gasteiger partial charge is 0.258 e. The summed E-state index contributed by atoms with van der Waals surface area (Å²) in [5.74, 6) is 0.763. The summed E-state index contributed by atoms with van der Waals surface area (Å²) < 4.78 is 6.18. The van der Waals surface area contributed by atoms with Gasteiger partial charge in [-0.25, -0.2) is 0 Å². The third kappa shape index (κ3) is 3.47. The van der Waals surface area contributed by atoms with Crippen molar-refractivity contribution in [2.45, 2.75) is 19.6 Å². The molecule has 0 unspecified atom stereocenters. The van der Waals surface area contributed by atoms with Crippen LogP contribution in [0.4, 0.5) is 5.69 Å². The van der Waals surface area contributed by atoms with Crippen molar-refractivity contribution in [3.05, 3.63) is 87.7 Å². The summed E-state index contributed by atoms with van der Waals surface area (Å²) in [5.41, 5.74) is 4.48. The topological polar surface area (TPSA) is 54.5 Å². The maximum atomic E-state index is 13.1. The number of halogens is 1. The molecule has 1 aliphatic rings. The Bertz CT molecular complexity index is 1020. The van der Waals surface area contributed by atoms with Gasteiger partial charge in [-0.2, -0.15) is 0 Å². The third-order valence-electron chi connectivity index (χ3n) is 4.83. The van der Waals surface area contributed by atoms with Gasteiger partial charge in [0.1, 0.15) is 11.9 Å². The standard InChI is InChI=1S/C22H20BrN3O2/c1-14-5-10-19(18(23)12-14)25-21-20-17(4-3-11-24-20)22(27)26(21)13-15-6-8-16(28-2)9-7-15/h3-12,21,25H,13H2,1-2H3/t21-/m1/s1. The summed E-state index contributed by atoms with van der Waals surface area (Å²) in [7, 11) is 1.64. The van der Waals surface area contributed by atoms with Gasteiger partial charge in [-0.3, -0.25) is 9.78 Å². The highest BCUT2D eigenvalue weighted by atomic mass is 79.9. The molecule has 0 spiro atoms. The van der Waals surface area contributed by atoms with Crippen molar-refractivity contribution in [2.75, 3.05) is 12.4 Å². The molecule has 3 aromatic rings. The molecule has 28 heavy (non-hydrogen) atoms. The number of rotatable bonds is 5. The lowest BCUT2D eigenvalue weighted by molar-refractivity contribution is 0.0727. The first-order chi connectivity index (χ1) is 13.6. The lowest BCUT2D eigenvalue weighted by atomic mass is 10.2. The van der Waals surface area contributed by atoms with Crippen LogP contribution < -0.4 is 10.1 Å². The number of aryl methyl sites for hydroxylation is 1. The number of carbonyl (C=O) groups excluding carboxylic acids is 1. The van der Waals surface area contributed by atoms with E-state index in [1.165, 1.54) is 0 Å². The lowest BCUT2D eigenvalue weighted by Crippen LogP contribution is -2.32. The quantitative estimate of drug-likeness (QED) is 0.614. The SMILES string of the molecule is COc1ccc(CN2C(=O)c3cccnc3[C@@H]2Nc2ccc(C)cc2Br)cc1. The third-order valence-corrected chi connectivity index (χ3v) is 5.49. The van der Waals surface area contributed by atoms with Crippen molar-refractivity contribution in [3.8, 4) is 5.75 Å². The lowest BCUT2D eigenvalue weighted by Gasteiger charge is -2.27. The van der Waals surface area contributed by atoms with Crippen LogP contribution in [0.5, 0.6) is 5.75 Å². The van der Waals surface area contributed by atoms with Gasteiger partial charge in [0.2, 0.25) is 0 Å². The van der Waals surface area contributed by atoms with Crippen LogP contribution >= 0.6 is 15.9 Å². The number of carbonyl (C=O) groups is 1. The summed E-state index contributed by atoms with van der Waals surface area (Å²) >= 11 is 3.61. The van der Waals surface area contributed by atoms with E-state index in [1.807, 2.05) is 60.4 Å². The Kier molecular flexibility index (Phi) is 5.05. The number of hydrogen-bond acceptors (Lipinski definition) is 4. The number of benzene rings is 2.